The lowest BCUT2D eigenvalue weighted by molar-refractivity contribution is -0.532. The number of hydrogen-bond acceptors (Lipinski definition) is 8. The van der Waals surface area contributed by atoms with Crippen molar-refractivity contribution in [3.05, 3.63) is 34.0 Å². The maximum atomic E-state index is 11.5. The van der Waals surface area contributed by atoms with E-state index in [1.807, 2.05) is 0 Å². The molecule has 0 saturated heterocycles. The first kappa shape index (κ1) is 12.9. The minimum absolute atomic E-state index is 0.0827. The molecule has 0 bridgehead atoms. The Hall–Kier alpha value is -2.55. The van der Waals surface area contributed by atoms with Gasteiger partial charge >= 0.3 is 5.54 Å². The van der Waals surface area contributed by atoms with Crippen molar-refractivity contribution in [2.75, 3.05) is 7.11 Å². The van der Waals surface area contributed by atoms with E-state index in [1.54, 1.807) is 6.07 Å². The highest BCUT2D eigenvalue weighted by molar-refractivity contribution is 6.06. The molecule has 0 fully saturated rings. The van der Waals surface area contributed by atoms with E-state index in [4.69, 9.17) is 16.2 Å². The van der Waals surface area contributed by atoms with Crippen molar-refractivity contribution in [2.24, 2.45) is 21.5 Å². The van der Waals surface area contributed by atoms with Crippen molar-refractivity contribution >= 4 is 12.1 Å². The molecule has 1 aromatic heterocycles. The number of pyridine rings is 1. The molecule has 0 aromatic carbocycles. The fraction of sp³-hybridized carbons (Fsp3) is 0.300. The quantitative estimate of drug-likeness (QED) is 0.543. The summed E-state index contributed by atoms with van der Waals surface area (Å²) >= 11 is 0. The van der Waals surface area contributed by atoms with Gasteiger partial charge in [0.2, 0.25) is 5.88 Å². The molecule has 2 unspecified atom stereocenters. The van der Waals surface area contributed by atoms with Gasteiger partial charge in [-0.1, -0.05) is 0 Å². The van der Waals surface area contributed by atoms with Crippen molar-refractivity contribution in [3.63, 3.8) is 0 Å². The van der Waals surface area contributed by atoms with Gasteiger partial charge in [-0.2, -0.15) is 0 Å². The van der Waals surface area contributed by atoms with Crippen LogP contribution in [0.3, 0.4) is 0 Å². The van der Waals surface area contributed by atoms with Crippen LogP contribution in [0.1, 0.15) is 5.56 Å². The van der Waals surface area contributed by atoms with Crippen LogP contribution in [0.25, 0.3) is 0 Å². The smallest absolute Gasteiger partial charge is 0.342 e. The van der Waals surface area contributed by atoms with Crippen LogP contribution in [0.4, 0.5) is 0 Å². The Kier molecular flexibility index (Phi) is 3.13. The molecule has 1 aliphatic heterocycles. The molecule has 2 atom stereocenters. The molecule has 100 valence electrons. The molecule has 4 N–H and O–H groups in total. The highest BCUT2D eigenvalue weighted by Crippen LogP contribution is 2.31. The number of aromatic nitrogens is 1. The summed E-state index contributed by atoms with van der Waals surface area (Å²) in [6.45, 7) is 0. The van der Waals surface area contributed by atoms with Crippen LogP contribution in [0, 0.1) is 10.1 Å². The van der Waals surface area contributed by atoms with Gasteiger partial charge in [0.05, 0.1) is 13.3 Å². The van der Waals surface area contributed by atoms with Crippen molar-refractivity contribution < 1.29 is 9.66 Å². The van der Waals surface area contributed by atoms with E-state index in [1.165, 1.54) is 19.4 Å². The number of rotatable bonds is 3. The Morgan fingerprint density at radius 1 is 1.58 bits per heavy atom. The highest BCUT2D eigenvalue weighted by Gasteiger charge is 2.52. The number of nitro groups is 1. The third-order valence-corrected chi connectivity index (χ3v) is 2.74. The maximum Gasteiger partial charge on any atom is 0.342 e. The first-order valence-corrected chi connectivity index (χ1v) is 5.30. The first-order chi connectivity index (χ1) is 9.02. The molecule has 2 rings (SSSR count). The van der Waals surface area contributed by atoms with Gasteiger partial charge in [0.1, 0.15) is 5.56 Å². The summed E-state index contributed by atoms with van der Waals surface area (Å²) < 4.78 is 5.03. The van der Waals surface area contributed by atoms with Gasteiger partial charge in [-0.3, -0.25) is 15.8 Å². The standard InChI is InChI=1S/C10H12N6O3/c1-19-7-6(3-2-4-13-7)10(16(17)18)5-14-9(12)15-8(10)11/h2-5,9H,12H2,1H3,(H2,11,15). The van der Waals surface area contributed by atoms with E-state index < -0.39 is 16.8 Å². The SMILES string of the molecule is COc1ncccc1C1([N+](=O)[O-])C=NC(N)N=C1N. The average molecular weight is 264 g/mol. The lowest BCUT2D eigenvalue weighted by atomic mass is 9.90. The van der Waals surface area contributed by atoms with Gasteiger partial charge in [0, 0.05) is 11.1 Å². The zero-order valence-corrected chi connectivity index (χ0v) is 10.1. The largest absolute Gasteiger partial charge is 0.481 e. The van der Waals surface area contributed by atoms with Gasteiger partial charge in [-0.05, 0) is 12.1 Å². The van der Waals surface area contributed by atoms with Crippen molar-refractivity contribution in [1.29, 1.82) is 0 Å². The molecule has 9 heteroatoms. The predicted octanol–water partition coefficient (Wildman–Crippen LogP) is -0.754. The fourth-order valence-electron chi connectivity index (χ4n) is 1.81. The number of hydrogen-bond donors (Lipinski definition) is 2. The van der Waals surface area contributed by atoms with E-state index in [-0.39, 0.29) is 17.3 Å². The summed E-state index contributed by atoms with van der Waals surface area (Å²) in [4.78, 5) is 22.3. The second-order valence-corrected chi connectivity index (χ2v) is 3.79. The van der Waals surface area contributed by atoms with E-state index in [0.29, 0.717) is 0 Å². The Balaban J connectivity index is 2.68. The summed E-state index contributed by atoms with van der Waals surface area (Å²) in [6, 6.07) is 3.03. The average Bonchev–Trinajstić information content (AvgIpc) is 2.39. The number of nitrogens with two attached hydrogens (primary N) is 2. The minimum Gasteiger partial charge on any atom is -0.481 e. The first-order valence-electron chi connectivity index (χ1n) is 5.30. The van der Waals surface area contributed by atoms with E-state index in [9.17, 15) is 10.1 Å². The molecule has 0 amide bonds. The van der Waals surface area contributed by atoms with E-state index >= 15 is 0 Å². The molecule has 0 radical (unpaired) electrons. The topological polar surface area (TPSA) is 142 Å². The summed E-state index contributed by atoms with van der Waals surface area (Å²) in [7, 11) is 1.36. The molecular weight excluding hydrogens is 252 g/mol. The Labute approximate surface area is 108 Å². The summed E-state index contributed by atoms with van der Waals surface area (Å²) in [5.74, 6) is -0.175. The van der Waals surface area contributed by atoms with Crippen molar-refractivity contribution in [2.45, 2.75) is 11.8 Å². The summed E-state index contributed by atoms with van der Waals surface area (Å²) in [5.41, 5.74) is 9.42. The molecule has 1 aliphatic rings. The molecule has 0 aliphatic carbocycles. The normalized spacial score (nSPS) is 25.8. The highest BCUT2D eigenvalue weighted by atomic mass is 16.6. The number of aliphatic imine (C=N–C) groups is 2. The minimum atomic E-state index is -1.91. The van der Waals surface area contributed by atoms with Gasteiger partial charge in [0.15, 0.2) is 12.1 Å². The third-order valence-electron chi connectivity index (χ3n) is 2.74. The number of methoxy groups -OCH3 is 1. The second kappa shape index (κ2) is 4.61. The van der Waals surface area contributed by atoms with Gasteiger partial charge in [-0.25, -0.2) is 15.0 Å². The predicted molar refractivity (Wildman–Crippen MR) is 67.6 cm³/mol. The van der Waals surface area contributed by atoms with E-state index in [2.05, 4.69) is 15.0 Å². The van der Waals surface area contributed by atoms with Crippen LogP contribution in [0.5, 0.6) is 5.88 Å². The van der Waals surface area contributed by atoms with E-state index in [0.717, 1.165) is 6.21 Å². The second-order valence-electron chi connectivity index (χ2n) is 3.79. The summed E-state index contributed by atoms with van der Waals surface area (Å²) in [6.07, 6.45) is 1.59. The van der Waals surface area contributed by atoms with Crippen LogP contribution >= 0.6 is 0 Å². The fourth-order valence-corrected chi connectivity index (χ4v) is 1.81. The van der Waals surface area contributed by atoms with Gasteiger partial charge in [-0.15, -0.1) is 0 Å². The van der Waals surface area contributed by atoms with Crippen molar-refractivity contribution in [1.82, 2.24) is 4.98 Å². The van der Waals surface area contributed by atoms with Crippen LogP contribution in [-0.2, 0) is 5.54 Å². The molecule has 9 nitrogen and oxygen atoms in total. The Morgan fingerprint density at radius 2 is 2.32 bits per heavy atom. The Bertz CT molecular complexity index is 572. The molecule has 2 heterocycles. The molecule has 1 aromatic rings. The molecular formula is C10H12N6O3. The molecule has 0 saturated carbocycles. The molecule has 0 spiro atoms. The van der Waals surface area contributed by atoms with Gasteiger partial charge in [0.25, 0.3) is 0 Å². The monoisotopic (exact) mass is 264 g/mol. The van der Waals surface area contributed by atoms with Crippen LogP contribution < -0.4 is 16.2 Å². The number of amidine groups is 1. The zero-order valence-electron chi connectivity index (χ0n) is 10.1. The van der Waals surface area contributed by atoms with Crippen LogP contribution in [-0.4, -0.2) is 35.4 Å². The lowest BCUT2D eigenvalue weighted by Gasteiger charge is -2.25. The zero-order chi connectivity index (χ0) is 14.0. The summed E-state index contributed by atoms with van der Waals surface area (Å²) in [5, 5.41) is 11.5. The maximum absolute atomic E-state index is 11.5. The molecule has 19 heavy (non-hydrogen) atoms. The van der Waals surface area contributed by atoms with Gasteiger partial charge < -0.3 is 10.5 Å². The van der Waals surface area contributed by atoms with Crippen LogP contribution in [0.15, 0.2) is 28.3 Å². The number of nitrogens with zero attached hydrogens (tertiary/aromatic N) is 4. The lowest BCUT2D eigenvalue weighted by Crippen LogP contribution is -2.52. The number of ether oxygens (including phenoxy) is 1. The Morgan fingerprint density at radius 3 is 2.89 bits per heavy atom. The van der Waals surface area contributed by atoms with Crippen molar-refractivity contribution in [3.8, 4) is 5.88 Å². The van der Waals surface area contributed by atoms with Crippen LogP contribution in [0.2, 0.25) is 0 Å². The third kappa shape index (κ3) is 1.89.